The fourth-order valence-corrected chi connectivity index (χ4v) is 2.74. The Kier molecular flexibility index (Phi) is 5.03. The van der Waals surface area contributed by atoms with Crippen molar-refractivity contribution < 1.29 is 9.47 Å². The molecule has 1 fully saturated rings. The Balaban J connectivity index is 2.67. The maximum absolute atomic E-state index is 6.19. The third-order valence-corrected chi connectivity index (χ3v) is 3.44. The fraction of sp³-hybridized carbons (Fsp3) is 1.00. The van der Waals surface area contributed by atoms with E-state index in [0.717, 1.165) is 19.4 Å². The maximum Gasteiger partial charge on any atom is 0.0857 e. The Hall–Kier alpha value is -0.120. The van der Waals surface area contributed by atoms with Crippen LogP contribution in [0.25, 0.3) is 0 Å². The zero-order chi connectivity index (χ0) is 11.3. The van der Waals surface area contributed by atoms with E-state index in [1.807, 2.05) is 6.92 Å². The summed E-state index contributed by atoms with van der Waals surface area (Å²) in [7, 11) is 1.70. The first kappa shape index (κ1) is 12.9. The second-order valence-corrected chi connectivity index (χ2v) is 4.76. The van der Waals surface area contributed by atoms with Gasteiger partial charge in [-0.3, -0.25) is 0 Å². The highest BCUT2D eigenvalue weighted by molar-refractivity contribution is 4.95. The molecule has 0 aromatic carbocycles. The van der Waals surface area contributed by atoms with E-state index in [0.29, 0.717) is 12.5 Å². The molecule has 0 aliphatic heterocycles. The molecule has 0 bridgehead atoms. The largest absolute Gasteiger partial charge is 0.383 e. The average Bonchev–Trinajstić information content (AvgIpc) is 2.18. The van der Waals surface area contributed by atoms with E-state index in [2.05, 4.69) is 6.92 Å². The molecule has 0 radical (unpaired) electrons. The minimum atomic E-state index is -0.136. The minimum Gasteiger partial charge on any atom is -0.383 e. The van der Waals surface area contributed by atoms with E-state index in [1.54, 1.807) is 7.11 Å². The van der Waals surface area contributed by atoms with Crippen molar-refractivity contribution in [2.45, 2.75) is 51.2 Å². The van der Waals surface area contributed by atoms with E-state index < -0.39 is 0 Å². The lowest BCUT2D eigenvalue weighted by molar-refractivity contribution is -0.103. The van der Waals surface area contributed by atoms with Gasteiger partial charge in [0, 0.05) is 13.7 Å². The molecule has 3 heteroatoms. The van der Waals surface area contributed by atoms with Crippen molar-refractivity contribution in [1.29, 1.82) is 0 Å². The lowest BCUT2D eigenvalue weighted by Crippen LogP contribution is -2.54. The number of methoxy groups -OCH3 is 1. The van der Waals surface area contributed by atoms with Crippen LogP contribution in [0.2, 0.25) is 0 Å². The molecule has 0 aromatic heterocycles. The summed E-state index contributed by atoms with van der Waals surface area (Å²) in [6, 6.07) is 0.00481. The molecule has 15 heavy (non-hydrogen) atoms. The Morgan fingerprint density at radius 2 is 2.27 bits per heavy atom. The summed E-state index contributed by atoms with van der Waals surface area (Å²) in [4.78, 5) is 0. The van der Waals surface area contributed by atoms with Gasteiger partial charge in [-0.15, -0.1) is 0 Å². The number of hydrogen-bond donors (Lipinski definition) is 1. The Labute approximate surface area is 93.3 Å². The lowest BCUT2D eigenvalue weighted by atomic mass is 9.75. The van der Waals surface area contributed by atoms with Crippen LogP contribution < -0.4 is 5.73 Å². The minimum absolute atomic E-state index is 0.00481. The SMILES string of the molecule is CCOC1(C(N)COC)CCCC(C)C1. The highest BCUT2D eigenvalue weighted by Gasteiger charge is 2.40. The summed E-state index contributed by atoms with van der Waals surface area (Å²) < 4.78 is 11.1. The lowest BCUT2D eigenvalue weighted by Gasteiger charge is -2.43. The quantitative estimate of drug-likeness (QED) is 0.762. The Morgan fingerprint density at radius 1 is 1.53 bits per heavy atom. The molecule has 0 heterocycles. The highest BCUT2D eigenvalue weighted by Crippen LogP contribution is 2.37. The third kappa shape index (κ3) is 3.16. The van der Waals surface area contributed by atoms with Crippen LogP contribution >= 0.6 is 0 Å². The molecule has 0 saturated heterocycles. The van der Waals surface area contributed by atoms with Gasteiger partial charge in [0.2, 0.25) is 0 Å². The summed E-state index contributed by atoms with van der Waals surface area (Å²) in [6.07, 6.45) is 4.67. The van der Waals surface area contributed by atoms with Crippen molar-refractivity contribution in [2.24, 2.45) is 11.7 Å². The molecule has 2 N–H and O–H groups in total. The molecule has 1 rings (SSSR count). The van der Waals surface area contributed by atoms with Gasteiger partial charge in [0.25, 0.3) is 0 Å². The van der Waals surface area contributed by atoms with Gasteiger partial charge in [0.05, 0.1) is 18.2 Å². The van der Waals surface area contributed by atoms with Gasteiger partial charge in [-0.2, -0.15) is 0 Å². The van der Waals surface area contributed by atoms with Crippen LogP contribution in [0, 0.1) is 5.92 Å². The van der Waals surface area contributed by atoms with Crippen LogP contribution in [-0.2, 0) is 9.47 Å². The van der Waals surface area contributed by atoms with Gasteiger partial charge >= 0.3 is 0 Å². The summed E-state index contributed by atoms with van der Waals surface area (Å²) in [5.41, 5.74) is 6.06. The van der Waals surface area contributed by atoms with Crippen molar-refractivity contribution in [1.82, 2.24) is 0 Å². The van der Waals surface area contributed by atoms with E-state index >= 15 is 0 Å². The first-order valence-electron chi connectivity index (χ1n) is 6.03. The number of hydrogen-bond acceptors (Lipinski definition) is 3. The predicted octanol–water partition coefficient (Wildman–Crippen LogP) is 1.95. The van der Waals surface area contributed by atoms with Gasteiger partial charge in [0.1, 0.15) is 0 Å². The topological polar surface area (TPSA) is 44.5 Å². The van der Waals surface area contributed by atoms with Crippen molar-refractivity contribution in [2.75, 3.05) is 20.3 Å². The first-order chi connectivity index (χ1) is 7.14. The van der Waals surface area contributed by atoms with Crippen molar-refractivity contribution >= 4 is 0 Å². The number of rotatable bonds is 5. The summed E-state index contributed by atoms with van der Waals surface area (Å²) in [5.74, 6) is 0.716. The molecule has 3 nitrogen and oxygen atoms in total. The van der Waals surface area contributed by atoms with E-state index in [9.17, 15) is 0 Å². The third-order valence-electron chi connectivity index (χ3n) is 3.44. The monoisotopic (exact) mass is 215 g/mol. The van der Waals surface area contributed by atoms with Gasteiger partial charge in [-0.05, 0) is 25.7 Å². The molecule has 90 valence electrons. The molecule has 1 aliphatic carbocycles. The zero-order valence-corrected chi connectivity index (χ0v) is 10.3. The second kappa shape index (κ2) is 5.83. The van der Waals surface area contributed by atoms with E-state index in [-0.39, 0.29) is 11.6 Å². The second-order valence-electron chi connectivity index (χ2n) is 4.76. The molecule has 0 aromatic rings. The molecular weight excluding hydrogens is 190 g/mol. The zero-order valence-electron chi connectivity index (χ0n) is 10.3. The molecular formula is C12H25NO2. The van der Waals surface area contributed by atoms with Gasteiger partial charge < -0.3 is 15.2 Å². The maximum atomic E-state index is 6.19. The van der Waals surface area contributed by atoms with Crippen LogP contribution in [0.5, 0.6) is 0 Å². The molecule has 0 spiro atoms. The summed E-state index contributed by atoms with van der Waals surface area (Å²) in [5, 5.41) is 0. The van der Waals surface area contributed by atoms with Crippen LogP contribution in [0.1, 0.15) is 39.5 Å². The molecule has 1 saturated carbocycles. The Bertz CT molecular complexity index is 182. The van der Waals surface area contributed by atoms with E-state index in [4.69, 9.17) is 15.2 Å². The first-order valence-corrected chi connectivity index (χ1v) is 6.03. The molecule has 3 atom stereocenters. The van der Waals surface area contributed by atoms with Crippen LogP contribution in [0.15, 0.2) is 0 Å². The number of ether oxygens (including phenoxy) is 2. The molecule has 3 unspecified atom stereocenters. The van der Waals surface area contributed by atoms with Gasteiger partial charge in [-0.1, -0.05) is 19.8 Å². The summed E-state index contributed by atoms with van der Waals surface area (Å²) >= 11 is 0. The average molecular weight is 215 g/mol. The fourth-order valence-electron chi connectivity index (χ4n) is 2.74. The van der Waals surface area contributed by atoms with Gasteiger partial charge in [0.15, 0.2) is 0 Å². The number of nitrogens with two attached hydrogens (primary N) is 1. The molecule has 1 aliphatic rings. The Morgan fingerprint density at radius 3 is 2.80 bits per heavy atom. The highest BCUT2D eigenvalue weighted by atomic mass is 16.5. The van der Waals surface area contributed by atoms with Crippen molar-refractivity contribution in [3.05, 3.63) is 0 Å². The van der Waals surface area contributed by atoms with Crippen LogP contribution in [-0.4, -0.2) is 32.0 Å². The smallest absolute Gasteiger partial charge is 0.0857 e. The summed E-state index contributed by atoms with van der Waals surface area (Å²) in [6.45, 7) is 5.66. The van der Waals surface area contributed by atoms with Crippen molar-refractivity contribution in [3.8, 4) is 0 Å². The van der Waals surface area contributed by atoms with Crippen LogP contribution in [0.4, 0.5) is 0 Å². The van der Waals surface area contributed by atoms with Crippen LogP contribution in [0.3, 0.4) is 0 Å². The molecule has 0 amide bonds. The predicted molar refractivity (Wildman–Crippen MR) is 61.8 cm³/mol. The van der Waals surface area contributed by atoms with Gasteiger partial charge in [-0.25, -0.2) is 0 Å². The normalized spacial score (nSPS) is 34.0. The van der Waals surface area contributed by atoms with Crippen molar-refractivity contribution in [3.63, 3.8) is 0 Å². The standard InChI is InChI=1S/C12H25NO2/c1-4-15-12(11(13)9-14-3)7-5-6-10(2)8-12/h10-11H,4-9,13H2,1-3H3. The van der Waals surface area contributed by atoms with E-state index in [1.165, 1.54) is 12.8 Å².